The maximum absolute atomic E-state index is 13.8. The van der Waals surface area contributed by atoms with E-state index in [1.54, 1.807) is 36.4 Å². The van der Waals surface area contributed by atoms with Crippen molar-refractivity contribution < 1.29 is 9.18 Å². The molecule has 19 heavy (non-hydrogen) atoms. The molecule has 0 bridgehead atoms. The van der Waals surface area contributed by atoms with Gasteiger partial charge in [0.25, 0.3) is 0 Å². The normalized spacial score (nSPS) is 10.8. The quantitative estimate of drug-likeness (QED) is 0.545. The lowest BCUT2D eigenvalue weighted by Crippen LogP contribution is -2.01. The van der Waals surface area contributed by atoms with Crippen LogP contribution in [0, 0.1) is 5.82 Å². The molecule has 0 amide bonds. The number of hydrogen-bond acceptors (Lipinski definition) is 2. The third-order valence-corrected chi connectivity index (χ3v) is 3.05. The molecular formula is C15H11FN2O. The smallest absolute Gasteiger partial charge is 0.195 e. The summed E-state index contributed by atoms with van der Waals surface area (Å²) in [7, 11) is 0. The van der Waals surface area contributed by atoms with Crippen molar-refractivity contribution in [2.24, 2.45) is 0 Å². The van der Waals surface area contributed by atoms with E-state index in [1.807, 2.05) is 0 Å². The van der Waals surface area contributed by atoms with Crippen LogP contribution in [0.25, 0.3) is 10.9 Å². The maximum atomic E-state index is 13.8. The Bertz CT molecular complexity index is 777. The van der Waals surface area contributed by atoms with Crippen molar-refractivity contribution in [2.75, 3.05) is 5.73 Å². The predicted molar refractivity (Wildman–Crippen MR) is 72.5 cm³/mol. The molecule has 4 heteroatoms. The number of aromatic amines is 1. The van der Waals surface area contributed by atoms with Gasteiger partial charge in [-0.1, -0.05) is 18.2 Å². The van der Waals surface area contributed by atoms with Gasteiger partial charge in [0.2, 0.25) is 0 Å². The van der Waals surface area contributed by atoms with Crippen LogP contribution in [-0.2, 0) is 0 Å². The number of halogens is 1. The molecule has 3 N–H and O–H groups in total. The number of fused-ring (bicyclic) bond motifs is 1. The van der Waals surface area contributed by atoms with Gasteiger partial charge in [0, 0.05) is 28.4 Å². The summed E-state index contributed by atoms with van der Waals surface area (Å²) in [6.45, 7) is 0. The van der Waals surface area contributed by atoms with Crippen LogP contribution < -0.4 is 5.73 Å². The van der Waals surface area contributed by atoms with Crippen LogP contribution >= 0.6 is 0 Å². The molecular weight excluding hydrogens is 243 g/mol. The molecule has 0 saturated heterocycles. The Labute approximate surface area is 108 Å². The number of carbonyl (C=O) groups excluding carboxylic acids is 1. The first kappa shape index (κ1) is 11.5. The van der Waals surface area contributed by atoms with E-state index in [9.17, 15) is 9.18 Å². The standard InChI is InChI=1S/C15H11FN2O/c16-12-5-2-6-13-14(12)11(8-18-13)15(19)9-3-1-4-10(17)7-9/h1-8,18H,17H2. The summed E-state index contributed by atoms with van der Waals surface area (Å²) in [6, 6.07) is 11.3. The third-order valence-electron chi connectivity index (χ3n) is 3.05. The number of benzene rings is 2. The van der Waals surface area contributed by atoms with Gasteiger partial charge in [0.05, 0.1) is 5.56 Å². The number of nitrogens with two attached hydrogens (primary N) is 1. The zero-order chi connectivity index (χ0) is 13.4. The van der Waals surface area contributed by atoms with Crippen LogP contribution in [0.4, 0.5) is 10.1 Å². The fourth-order valence-electron chi connectivity index (χ4n) is 2.15. The lowest BCUT2D eigenvalue weighted by atomic mass is 10.0. The first-order valence-corrected chi connectivity index (χ1v) is 5.82. The van der Waals surface area contributed by atoms with Crippen molar-refractivity contribution in [2.45, 2.75) is 0 Å². The van der Waals surface area contributed by atoms with Crippen molar-refractivity contribution in [3.8, 4) is 0 Å². The van der Waals surface area contributed by atoms with E-state index in [1.165, 1.54) is 12.3 Å². The summed E-state index contributed by atoms with van der Waals surface area (Å²) in [5.41, 5.74) is 7.53. The van der Waals surface area contributed by atoms with E-state index in [0.29, 0.717) is 27.7 Å². The largest absolute Gasteiger partial charge is 0.399 e. The van der Waals surface area contributed by atoms with Crippen LogP contribution in [0.15, 0.2) is 48.7 Å². The average Bonchev–Trinajstić information content (AvgIpc) is 2.83. The summed E-state index contributed by atoms with van der Waals surface area (Å²) in [4.78, 5) is 15.3. The molecule has 94 valence electrons. The van der Waals surface area contributed by atoms with Crippen LogP contribution in [0.3, 0.4) is 0 Å². The second kappa shape index (κ2) is 4.24. The Morgan fingerprint density at radius 2 is 1.95 bits per heavy atom. The number of aromatic nitrogens is 1. The highest BCUT2D eigenvalue weighted by Crippen LogP contribution is 2.24. The molecule has 3 nitrogen and oxygen atoms in total. The van der Waals surface area contributed by atoms with Crippen molar-refractivity contribution in [1.82, 2.24) is 4.98 Å². The van der Waals surface area contributed by atoms with Gasteiger partial charge in [-0.2, -0.15) is 0 Å². The van der Waals surface area contributed by atoms with Gasteiger partial charge in [-0.05, 0) is 24.3 Å². The SMILES string of the molecule is Nc1cccc(C(=O)c2c[nH]c3cccc(F)c23)c1. The second-order valence-electron chi connectivity index (χ2n) is 4.32. The van der Waals surface area contributed by atoms with Crippen molar-refractivity contribution in [3.05, 3.63) is 65.6 Å². The Balaban J connectivity index is 2.17. The second-order valence-corrected chi connectivity index (χ2v) is 4.32. The number of nitrogens with one attached hydrogen (secondary N) is 1. The van der Waals surface area contributed by atoms with Gasteiger partial charge in [-0.25, -0.2) is 4.39 Å². The van der Waals surface area contributed by atoms with Crippen LogP contribution in [0.5, 0.6) is 0 Å². The molecule has 3 rings (SSSR count). The Kier molecular flexibility index (Phi) is 2.56. The molecule has 2 aromatic carbocycles. The van der Waals surface area contributed by atoms with Crippen molar-refractivity contribution in [1.29, 1.82) is 0 Å². The number of nitrogen functional groups attached to an aromatic ring is 1. The molecule has 0 saturated carbocycles. The highest BCUT2D eigenvalue weighted by atomic mass is 19.1. The lowest BCUT2D eigenvalue weighted by molar-refractivity contribution is 0.104. The highest BCUT2D eigenvalue weighted by molar-refractivity contribution is 6.16. The Hall–Kier alpha value is -2.62. The van der Waals surface area contributed by atoms with E-state index in [4.69, 9.17) is 5.73 Å². The highest BCUT2D eigenvalue weighted by Gasteiger charge is 2.16. The summed E-state index contributed by atoms with van der Waals surface area (Å²) < 4.78 is 13.8. The Morgan fingerprint density at radius 1 is 1.16 bits per heavy atom. The molecule has 0 atom stereocenters. The van der Waals surface area contributed by atoms with E-state index < -0.39 is 5.82 Å². The summed E-state index contributed by atoms with van der Waals surface area (Å²) in [5.74, 6) is -0.658. The van der Waals surface area contributed by atoms with Gasteiger partial charge < -0.3 is 10.7 Å². The molecule has 3 aromatic rings. The minimum atomic E-state index is -0.411. The van der Waals surface area contributed by atoms with Gasteiger partial charge in [-0.15, -0.1) is 0 Å². The molecule has 0 aliphatic heterocycles. The number of carbonyl (C=O) groups is 1. The molecule has 0 aliphatic rings. The molecule has 1 aromatic heterocycles. The van der Waals surface area contributed by atoms with E-state index in [2.05, 4.69) is 4.98 Å². The van der Waals surface area contributed by atoms with Gasteiger partial charge >= 0.3 is 0 Å². The zero-order valence-electron chi connectivity index (χ0n) is 9.98. The number of hydrogen-bond donors (Lipinski definition) is 2. The van der Waals surface area contributed by atoms with Gasteiger partial charge in [0.15, 0.2) is 5.78 Å². The van der Waals surface area contributed by atoms with E-state index in [-0.39, 0.29) is 5.78 Å². The van der Waals surface area contributed by atoms with E-state index >= 15 is 0 Å². The molecule has 0 radical (unpaired) electrons. The van der Waals surface area contributed by atoms with Crippen LogP contribution in [0.1, 0.15) is 15.9 Å². The number of anilines is 1. The first-order chi connectivity index (χ1) is 9.16. The van der Waals surface area contributed by atoms with Gasteiger partial charge in [0.1, 0.15) is 5.82 Å². The minimum absolute atomic E-state index is 0.247. The fourth-order valence-corrected chi connectivity index (χ4v) is 2.15. The monoisotopic (exact) mass is 254 g/mol. The fraction of sp³-hybridized carbons (Fsp3) is 0. The van der Waals surface area contributed by atoms with Gasteiger partial charge in [-0.3, -0.25) is 4.79 Å². The number of ketones is 1. The maximum Gasteiger partial charge on any atom is 0.195 e. The molecule has 1 heterocycles. The lowest BCUT2D eigenvalue weighted by Gasteiger charge is -2.01. The third kappa shape index (κ3) is 1.87. The Morgan fingerprint density at radius 3 is 2.74 bits per heavy atom. The minimum Gasteiger partial charge on any atom is -0.399 e. The summed E-state index contributed by atoms with van der Waals surface area (Å²) >= 11 is 0. The number of rotatable bonds is 2. The topological polar surface area (TPSA) is 58.9 Å². The molecule has 0 aliphatic carbocycles. The molecule has 0 fully saturated rings. The van der Waals surface area contributed by atoms with Crippen LogP contribution in [-0.4, -0.2) is 10.8 Å². The zero-order valence-corrected chi connectivity index (χ0v) is 9.98. The number of H-pyrrole nitrogens is 1. The predicted octanol–water partition coefficient (Wildman–Crippen LogP) is 3.12. The summed E-state index contributed by atoms with van der Waals surface area (Å²) in [6.07, 6.45) is 1.53. The molecule has 0 unspecified atom stereocenters. The first-order valence-electron chi connectivity index (χ1n) is 5.82. The average molecular weight is 254 g/mol. The summed E-state index contributed by atoms with van der Waals surface area (Å²) in [5, 5.41) is 0.315. The molecule has 0 spiro atoms. The van der Waals surface area contributed by atoms with Crippen molar-refractivity contribution >= 4 is 22.4 Å². The van der Waals surface area contributed by atoms with Crippen LogP contribution in [0.2, 0.25) is 0 Å². The van der Waals surface area contributed by atoms with Crippen molar-refractivity contribution in [3.63, 3.8) is 0 Å². The van der Waals surface area contributed by atoms with E-state index in [0.717, 1.165) is 0 Å².